The zero-order valence-electron chi connectivity index (χ0n) is 15.9. The Hall–Kier alpha value is -3.42. The van der Waals surface area contributed by atoms with Crippen LogP contribution in [-0.4, -0.2) is 48.4 Å². The van der Waals surface area contributed by atoms with E-state index in [0.29, 0.717) is 31.1 Å². The third kappa shape index (κ3) is 3.91. The molecule has 150 valence electrons. The molecule has 0 radical (unpaired) electrons. The van der Waals surface area contributed by atoms with E-state index < -0.39 is 11.8 Å². The van der Waals surface area contributed by atoms with Crippen LogP contribution in [0, 0.1) is 5.82 Å². The van der Waals surface area contributed by atoms with E-state index in [9.17, 15) is 18.8 Å². The summed E-state index contributed by atoms with van der Waals surface area (Å²) in [4.78, 5) is 39.9. The van der Waals surface area contributed by atoms with Crippen molar-refractivity contribution in [3.63, 3.8) is 0 Å². The molecule has 0 unspecified atom stereocenters. The number of fused-ring (bicyclic) bond motifs is 1. The first-order valence-corrected chi connectivity index (χ1v) is 9.37. The van der Waals surface area contributed by atoms with Crippen molar-refractivity contribution in [3.05, 3.63) is 53.8 Å². The minimum absolute atomic E-state index is 0.0228. The highest BCUT2D eigenvalue weighted by atomic mass is 19.1. The fourth-order valence-corrected chi connectivity index (χ4v) is 3.67. The maximum absolute atomic E-state index is 13.1. The average Bonchev–Trinajstić information content (AvgIpc) is 3.07. The second kappa shape index (κ2) is 7.54. The fraction of sp³-hybridized carbons (Fsp3) is 0.286. The molecule has 1 saturated heterocycles. The summed E-state index contributed by atoms with van der Waals surface area (Å²) in [5.74, 6) is -1.59. The Morgan fingerprint density at radius 2 is 1.90 bits per heavy atom. The maximum Gasteiger partial charge on any atom is 0.315 e. The Kier molecular flexibility index (Phi) is 4.92. The Labute approximate surface area is 167 Å². The summed E-state index contributed by atoms with van der Waals surface area (Å²) in [6.07, 6.45) is 0.207. The monoisotopic (exact) mass is 397 g/mol. The van der Waals surface area contributed by atoms with E-state index >= 15 is 0 Å². The van der Waals surface area contributed by atoms with E-state index in [0.717, 1.165) is 11.3 Å². The van der Waals surface area contributed by atoms with Gasteiger partial charge in [-0.15, -0.1) is 0 Å². The lowest BCUT2D eigenvalue weighted by molar-refractivity contribution is -0.143. The summed E-state index contributed by atoms with van der Waals surface area (Å²) in [5, 5.41) is 2.57. The van der Waals surface area contributed by atoms with Crippen LogP contribution in [0.25, 0.3) is 0 Å². The standard InChI is InChI=1S/C21H20FN3O4/c1-13-12-24(8-9-25(13)17-6-3-15(22)4-7-17)21(28)20(27)23-16-5-2-14-10-19(26)29-18(14)11-16/h2-7,11,13H,8-10,12H2,1H3,(H,23,27)/t13-/m0/s1. The quantitative estimate of drug-likeness (QED) is 0.476. The molecule has 1 fully saturated rings. The number of amides is 2. The minimum Gasteiger partial charge on any atom is -0.426 e. The molecular weight excluding hydrogens is 377 g/mol. The van der Waals surface area contributed by atoms with Gasteiger partial charge in [0.2, 0.25) is 0 Å². The van der Waals surface area contributed by atoms with Crippen molar-refractivity contribution in [1.82, 2.24) is 4.90 Å². The van der Waals surface area contributed by atoms with E-state index in [1.54, 1.807) is 30.3 Å². The highest BCUT2D eigenvalue weighted by Gasteiger charge is 2.30. The molecule has 2 aliphatic rings. The number of halogens is 1. The second-order valence-electron chi connectivity index (χ2n) is 7.20. The Morgan fingerprint density at radius 1 is 1.14 bits per heavy atom. The number of ether oxygens (including phenoxy) is 1. The molecule has 7 nitrogen and oxygen atoms in total. The molecular formula is C21H20FN3O4. The average molecular weight is 397 g/mol. The number of nitrogens with one attached hydrogen (secondary N) is 1. The Bertz CT molecular complexity index is 976. The molecule has 2 aliphatic heterocycles. The molecule has 2 amide bonds. The summed E-state index contributed by atoms with van der Waals surface area (Å²) in [7, 11) is 0. The van der Waals surface area contributed by atoms with Gasteiger partial charge in [0.1, 0.15) is 11.6 Å². The first-order chi connectivity index (χ1) is 13.9. The summed E-state index contributed by atoms with van der Waals surface area (Å²) < 4.78 is 18.2. The predicted octanol–water partition coefficient (Wildman–Crippen LogP) is 1.96. The number of carbonyl (C=O) groups excluding carboxylic acids is 3. The number of esters is 1. The fourth-order valence-electron chi connectivity index (χ4n) is 3.67. The lowest BCUT2D eigenvalue weighted by Gasteiger charge is -2.41. The zero-order chi connectivity index (χ0) is 20.5. The lowest BCUT2D eigenvalue weighted by atomic mass is 10.1. The first kappa shape index (κ1) is 18.9. The van der Waals surface area contributed by atoms with Gasteiger partial charge in [0.15, 0.2) is 0 Å². The molecule has 4 rings (SSSR count). The Morgan fingerprint density at radius 3 is 2.62 bits per heavy atom. The summed E-state index contributed by atoms with van der Waals surface area (Å²) >= 11 is 0. The summed E-state index contributed by atoms with van der Waals surface area (Å²) in [5.41, 5.74) is 2.03. The Balaban J connectivity index is 1.37. The van der Waals surface area contributed by atoms with Crippen LogP contribution in [0.15, 0.2) is 42.5 Å². The van der Waals surface area contributed by atoms with Crippen LogP contribution in [0.4, 0.5) is 15.8 Å². The predicted molar refractivity (Wildman–Crippen MR) is 104 cm³/mol. The van der Waals surface area contributed by atoms with Crippen LogP contribution >= 0.6 is 0 Å². The van der Waals surface area contributed by atoms with Gasteiger partial charge in [-0.3, -0.25) is 14.4 Å². The van der Waals surface area contributed by atoms with Gasteiger partial charge in [-0.2, -0.15) is 0 Å². The molecule has 1 N–H and O–H groups in total. The molecule has 29 heavy (non-hydrogen) atoms. The smallest absolute Gasteiger partial charge is 0.315 e. The third-order valence-corrected chi connectivity index (χ3v) is 5.15. The van der Waals surface area contributed by atoms with E-state index in [-0.39, 0.29) is 24.2 Å². The van der Waals surface area contributed by atoms with Crippen molar-refractivity contribution in [2.24, 2.45) is 0 Å². The van der Waals surface area contributed by atoms with E-state index in [2.05, 4.69) is 10.2 Å². The van der Waals surface area contributed by atoms with E-state index in [1.165, 1.54) is 17.0 Å². The van der Waals surface area contributed by atoms with Crippen LogP contribution in [0.2, 0.25) is 0 Å². The number of hydrogen-bond acceptors (Lipinski definition) is 5. The van der Waals surface area contributed by atoms with E-state index in [4.69, 9.17) is 4.74 Å². The topological polar surface area (TPSA) is 79.0 Å². The van der Waals surface area contributed by atoms with Gasteiger partial charge in [0.05, 0.1) is 6.42 Å². The number of carbonyl (C=O) groups is 3. The van der Waals surface area contributed by atoms with Gasteiger partial charge in [0, 0.05) is 48.7 Å². The highest BCUT2D eigenvalue weighted by molar-refractivity contribution is 6.39. The molecule has 2 aromatic rings. The van der Waals surface area contributed by atoms with Crippen molar-refractivity contribution in [2.45, 2.75) is 19.4 Å². The molecule has 0 spiro atoms. The number of nitrogens with zero attached hydrogens (tertiary/aromatic N) is 2. The molecule has 0 saturated carbocycles. The van der Waals surface area contributed by atoms with Crippen molar-refractivity contribution < 1.29 is 23.5 Å². The maximum atomic E-state index is 13.1. The number of rotatable bonds is 2. The molecule has 2 aromatic carbocycles. The minimum atomic E-state index is -0.739. The van der Waals surface area contributed by atoms with Crippen LogP contribution in [0.1, 0.15) is 12.5 Å². The van der Waals surface area contributed by atoms with Crippen molar-refractivity contribution in [3.8, 4) is 5.75 Å². The summed E-state index contributed by atoms with van der Waals surface area (Å²) in [6, 6.07) is 11.1. The number of benzene rings is 2. The molecule has 1 atom stereocenters. The van der Waals surface area contributed by atoms with Gasteiger partial charge in [-0.1, -0.05) is 6.07 Å². The molecule has 0 bridgehead atoms. The van der Waals surface area contributed by atoms with Crippen LogP contribution in [0.5, 0.6) is 5.75 Å². The lowest BCUT2D eigenvalue weighted by Crippen LogP contribution is -2.55. The number of piperazine rings is 1. The third-order valence-electron chi connectivity index (χ3n) is 5.15. The van der Waals surface area contributed by atoms with E-state index in [1.807, 2.05) is 6.92 Å². The van der Waals surface area contributed by atoms with Gasteiger partial charge < -0.3 is 19.9 Å². The SMILES string of the molecule is C[C@H]1CN(C(=O)C(=O)Nc2ccc3c(c2)OC(=O)C3)CCN1c1ccc(F)cc1. The van der Waals surface area contributed by atoms with Gasteiger partial charge in [-0.05, 0) is 37.3 Å². The van der Waals surface area contributed by atoms with Crippen LogP contribution in [-0.2, 0) is 20.8 Å². The van der Waals surface area contributed by atoms with Gasteiger partial charge in [0.25, 0.3) is 0 Å². The van der Waals surface area contributed by atoms with Crippen molar-refractivity contribution in [2.75, 3.05) is 29.9 Å². The van der Waals surface area contributed by atoms with Crippen molar-refractivity contribution in [1.29, 1.82) is 0 Å². The second-order valence-corrected chi connectivity index (χ2v) is 7.20. The van der Waals surface area contributed by atoms with Gasteiger partial charge >= 0.3 is 17.8 Å². The molecule has 2 heterocycles. The first-order valence-electron chi connectivity index (χ1n) is 9.37. The van der Waals surface area contributed by atoms with Gasteiger partial charge in [-0.25, -0.2) is 4.39 Å². The number of hydrogen-bond donors (Lipinski definition) is 1. The van der Waals surface area contributed by atoms with Crippen LogP contribution < -0.4 is 15.0 Å². The zero-order valence-corrected chi connectivity index (χ0v) is 15.9. The molecule has 0 aliphatic carbocycles. The summed E-state index contributed by atoms with van der Waals surface area (Å²) in [6.45, 7) is 3.26. The highest BCUT2D eigenvalue weighted by Crippen LogP contribution is 2.29. The normalized spacial score (nSPS) is 18.3. The largest absolute Gasteiger partial charge is 0.426 e. The molecule has 8 heteroatoms. The number of anilines is 2. The van der Waals surface area contributed by atoms with Crippen LogP contribution in [0.3, 0.4) is 0 Å². The van der Waals surface area contributed by atoms with Crippen molar-refractivity contribution >= 4 is 29.2 Å². The molecule has 0 aromatic heterocycles.